The van der Waals surface area contributed by atoms with Crippen molar-refractivity contribution in [3.63, 3.8) is 0 Å². The van der Waals surface area contributed by atoms with Gasteiger partial charge in [0.15, 0.2) is 0 Å². The fourth-order valence-corrected chi connectivity index (χ4v) is 6.14. The van der Waals surface area contributed by atoms with Crippen molar-refractivity contribution in [3.8, 4) is 11.5 Å². The van der Waals surface area contributed by atoms with Crippen LogP contribution < -0.4 is 20.1 Å². The van der Waals surface area contributed by atoms with E-state index in [-0.39, 0.29) is 11.8 Å². The molecule has 2 N–H and O–H groups in total. The summed E-state index contributed by atoms with van der Waals surface area (Å²) in [5, 5.41) is 5.97. The Morgan fingerprint density at radius 1 is 0.579 bits per heavy atom. The van der Waals surface area contributed by atoms with Gasteiger partial charge < -0.3 is 20.1 Å². The van der Waals surface area contributed by atoms with Gasteiger partial charge in [0.05, 0.1) is 25.3 Å². The molecule has 0 aliphatic rings. The summed E-state index contributed by atoms with van der Waals surface area (Å²) in [5.41, 5.74) is 2.93. The molecule has 0 fully saturated rings. The number of hydrogen-bond acceptors (Lipinski definition) is 6. The molecular formula is C30H28N2O4S2. The van der Waals surface area contributed by atoms with Crippen molar-refractivity contribution in [2.75, 3.05) is 14.2 Å². The highest BCUT2D eigenvalue weighted by Crippen LogP contribution is 2.40. The first-order valence-corrected chi connectivity index (χ1v) is 14.1. The normalized spacial score (nSPS) is 10.5. The fraction of sp³-hybridized carbons (Fsp3) is 0.133. The maximum atomic E-state index is 13.0. The Bertz CT molecular complexity index is 1300. The molecule has 194 valence electrons. The largest absolute Gasteiger partial charge is 0.496 e. The van der Waals surface area contributed by atoms with Gasteiger partial charge >= 0.3 is 0 Å². The van der Waals surface area contributed by atoms with Crippen molar-refractivity contribution in [2.24, 2.45) is 0 Å². The Balaban J connectivity index is 1.42. The van der Waals surface area contributed by atoms with Crippen LogP contribution in [0.15, 0.2) is 107 Å². The van der Waals surface area contributed by atoms with Gasteiger partial charge in [-0.15, -0.1) is 0 Å². The lowest BCUT2D eigenvalue weighted by atomic mass is 10.1. The zero-order chi connectivity index (χ0) is 26.7. The van der Waals surface area contributed by atoms with E-state index in [4.69, 9.17) is 9.47 Å². The minimum absolute atomic E-state index is 0.178. The average Bonchev–Trinajstić information content (AvgIpc) is 2.98. The lowest BCUT2D eigenvalue weighted by Gasteiger charge is -2.13. The summed E-state index contributed by atoms with van der Waals surface area (Å²) in [6, 6.07) is 30.1. The molecule has 0 aliphatic heterocycles. The second-order valence-electron chi connectivity index (χ2n) is 8.15. The molecule has 38 heavy (non-hydrogen) atoms. The maximum Gasteiger partial charge on any atom is 0.252 e. The predicted molar refractivity (Wildman–Crippen MR) is 153 cm³/mol. The Kier molecular flexibility index (Phi) is 9.72. The van der Waals surface area contributed by atoms with Gasteiger partial charge in [-0.2, -0.15) is 0 Å². The first-order chi connectivity index (χ1) is 18.6. The molecule has 0 atom stereocenters. The number of methoxy groups -OCH3 is 2. The first kappa shape index (κ1) is 27.2. The number of carbonyl (C=O) groups is 2. The van der Waals surface area contributed by atoms with Gasteiger partial charge in [0.2, 0.25) is 0 Å². The highest BCUT2D eigenvalue weighted by Gasteiger charge is 2.16. The molecule has 6 nitrogen and oxygen atoms in total. The molecule has 4 aromatic rings. The number of ether oxygens (including phenoxy) is 2. The standard InChI is InChI=1S/C30H28N2O4S2/c1-35-25-15-7-3-11-21(25)19-31-29(33)23-13-5-9-17-27(23)37-38-28-18-10-6-14-24(28)30(34)32-20-22-12-4-8-16-26(22)36-2/h3-18H,19-20H2,1-2H3,(H,31,33)(H,32,34). The van der Waals surface area contributed by atoms with Crippen LogP contribution in [-0.2, 0) is 13.1 Å². The van der Waals surface area contributed by atoms with Crippen LogP contribution >= 0.6 is 21.6 Å². The third-order valence-electron chi connectivity index (χ3n) is 5.75. The quantitative estimate of drug-likeness (QED) is 0.214. The summed E-state index contributed by atoms with van der Waals surface area (Å²) in [6.45, 7) is 0.703. The highest BCUT2D eigenvalue weighted by molar-refractivity contribution is 8.76. The van der Waals surface area contributed by atoms with Crippen LogP contribution in [0.3, 0.4) is 0 Å². The number of amides is 2. The van der Waals surface area contributed by atoms with E-state index in [1.165, 1.54) is 21.6 Å². The van der Waals surface area contributed by atoms with Crippen LogP contribution in [0.25, 0.3) is 0 Å². The lowest BCUT2D eigenvalue weighted by molar-refractivity contribution is 0.0939. The molecule has 4 rings (SSSR count). The zero-order valence-corrected chi connectivity index (χ0v) is 22.7. The fourth-order valence-electron chi connectivity index (χ4n) is 3.78. The summed E-state index contributed by atoms with van der Waals surface area (Å²) in [7, 11) is 6.11. The molecule has 0 saturated heterocycles. The van der Waals surface area contributed by atoms with Crippen molar-refractivity contribution in [3.05, 3.63) is 119 Å². The van der Waals surface area contributed by atoms with Gasteiger partial charge in [0.25, 0.3) is 11.8 Å². The molecule has 0 unspecified atom stereocenters. The van der Waals surface area contributed by atoms with Gasteiger partial charge in [0, 0.05) is 34.0 Å². The Hall–Kier alpha value is -3.88. The van der Waals surface area contributed by atoms with Crippen molar-refractivity contribution < 1.29 is 19.1 Å². The Morgan fingerprint density at radius 2 is 0.947 bits per heavy atom. The summed E-state index contributed by atoms with van der Waals surface area (Å²) in [6.07, 6.45) is 0. The van der Waals surface area contributed by atoms with Gasteiger partial charge in [-0.25, -0.2) is 0 Å². The number of benzene rings is 4. The van der Waals surface area contributed by atoms with E-state index in [1.54, 1.807) is 26.4 Å². The molecule has 8 heteroatoms. The van der Waals surface area contributed by atoms with Crippen LogP contribution in [0.2, 0.25) is 0 Å². The monoisotopic (exact) mass is 544 g/mol. The first-order valence-electron chi connectivity index (χ1n) is 11.9. The van der Waals surface area contributed by atoms with Crippen molar-refractivity contribution in [1.29, 1.82) is 0 Å². The molecule has 4 aromatic carbocycles. The highest BCUT2D eigenvalue weighted by atomic mass is 33.1. The van der Waals surface area contributed by atoms with E-state index < -0.39 is 0 Å². The van der Waals surface area contributed by atoms with Crippen LogP contribution in [0.1, 0.15) is 31.8 Å². The van der Waals surface area contributed by atoms with Crippen LogP contribution in [0.5, 0.6) is 11.5 Å². The van der Waals surface area contributed by atoms with E-state index in [2.05, 4.69) is 10.6 Å². The zero-order valence-electron chi connectivity index (χ0n) is 21.1. The van der Waals surface area contributed by atoms with Crippen molar-refractivity contribution in [1.82, 2.24) is 10.6 Å². The summed E-state index contributed by atoms with van der Waals surface area (Å²) in [4.78, 5) is 27.7. The number of rotatable bonds is 11. The minimum Gasteiger partial charge on any atom is -0.496 e. The molecule has 2 amide bonds. The van der Waals surface area contributed by atoms with E-state index in [0.717, 1.165) is 32.4 Å². The molecule has 0 spiro atoms. The van der Waals surface area contributed by atoms with Gasteiger partial charge in [0.1, 0.15) is 11.5 Å². The minimum atomic E-state index is -0.178. The summed E-state index contributed by atoms with van der Waals surface area (Å²) in [5.74, 6) is 1.10. The molecular weight excluding hydrogens is 516 g/mol. The predicted octanol–water partition coefficient (Wildman–Crippen LogP) is 6.36. The molecule has 0 bridgehead atoms. The van der Waals surface area contributed by atoms with Gasteiger partial charge in [-0.3, -0.25) is 9.59 Å². The summed E-state index contributed by atoms with van der Waals surface area (Å²) >= 11 is 0. The summed E-state index contributed by atoms with van der Waals surface area (Å²) < 4.78 is 10.8. The Morgan fingerprint density at radius 3 is 1.37 bits per heavy atom. The van der Waals surface area contributed by atoms with E-state index in [1.807, 2.05) is 84.9 Å². The lowest BCUT2D eigenvalue weighted by Crippen LogP contribution is -2.23. The molecule has 0 radical (unpaired) electrons. The molecule has 0 heterocycles. The number of nitrogens with one attached hydrogen (secondary N) is 2. The topological polar surface area (TPSA) is 76.7 Å². The Labute approximate surface area is 230 Å². The molecule has 0 aliphatic carbocycles. The number of para-hydroxylation sites is 2. The van der Waals surface area contributed by atoms with E-state index in [0.29, 0.717) is 24.2 Å². The van der Waals surface area contributed by atoms with Crippen LogP contribution in [-0.4, -0.2) is 26.0 Å². The number of carbonyl (C=O) groups excluding carboxylic acids is 2. The third-order valence-corrected chi connectivity index (χ3v) is 8.23. The second kappa shape index (κ2) is 13.6. The molecule has 0 saturated carbocycles. The number of hydrogen-bond donors (Lipinski definition) is 2. The van der Waals surface area contributed by atoms with Crippen LogP contribution in [0, 0.1) is 0 Å². The average molecular weight is 545 g/mol. The SMILES string of the molecule is COc1ccccc1CNC(=O)c1ccccc1SSc1ccccc1C(=O)NCc1ccccc1OC. The van der Waals surface area contributed by atoms with E-state index in [9.17, 15) is 9.59 Å². The van der Waals surface area contributed by atoms with Crippen LogP contribution in [0.4, 0.5) is 0 Å². The molecule has 0 aromatic heterocycles. The third kappa shape index (κ3) is 6.90. The van der Waals surface area contributed by atoms with Gasteiger partial charge in [-0.1, -0.05) is 82.3 Å². The van der Waals surface area contributed by atoms with Crippen molar-refractivity contribution >= 4 is 33.4 Å². The smallest absolute Gasteiger partial charge is 0.252 e. The second-order valence-corrected chi connectivity index (χ2v) is 10.4. The maximum absolute atomic E-state index is 13.0. The van der Waals surface area contributed by atoms with E-state index >= 15 is 0 Å². The van der Waals surface area contributed by atoms with Gasteiger partial charge in [-0.05, 0) is 36.4 Å². The van der Waals surface area contributed by atoms with Crippen molar-refractivity contribution in [2.45, 2.75) is 22.9 Å².